The third kappa shape index (κ3) is 16.8. The number of benzene rings is 8. The summed E-state index contributed by atoms with van der Waals surface area (Å²) in [4.78, 5) is 34.5. The van der Waals surface area contributed by atoms with Gasteiger partial charge < -0.3 is 42.3 Å². The highest BCUT2D eigenvalue weighted by Gasteiger charge is 2.41. The zero-order valence-electron chi connectivity index (χ0n) is 56.8. The minimum absolute atomic E-state index is 0.0252. The summed E-state index contributed by atoms with van der Waals surface area (Å²) < 4.78 is 106. The van der Waals surface area contributed by atoms with Crippen LogP contribution < -0.4 is 32.8 Å². The van der Waals surface area contributed by atoms with E-state index < -0.39 is 60.4 Å². The topological polar surface area (TPSA) is 195 Å². The number of ether oxygens (including phenoxy) is 8. The van der Waals surface area contributed by atoms with Gasteiger partial charge in [0.15, 0.2) is 5.82 Å². The Kier molecular flexibility index (Phi) is 22.6. The molecule has 0 aliphatic heterocycles. The number of para-hydroxylation sites is 1. The van der Waals surface area contributed by atoms with Gasteiger partial charge in [-0.15, -0.1) is 11.3 Å². The molecule has 0 aliphatic rings. The average molecular weight is 1420 g/mol. The summed E-state index contributed by atoms with van der Waals surface area (Å²) in [7, 11) is -1.86. The summed E-state index contributed by atoms with van der Waals surface area (Å²) in [5, 5.41) is 0.359. The van der Waals surface area contributed by atoms with Crippen molar-refractivity contribution in [1.82, 2.24) is 19.9 Å². The van der Waals surface area contributed by atoms with Crippen molar-refractivity contribution in [1.29, 1.82) is 0 Å². The first-order valence-corrected chi connectivity index (χ1v) is 38.0. The summed E-state index contributed by atoms with van der Waals surface area (Å²) in [5.74, 6) is 1.96. The van der Waals surface area contributed by atoms with Gasteiger partial charge in [0, 0.05) is 28.6 Å². The van der Waals surface area contributed by atoms with E-state index in [4.69, 9.17) is 73.1 Å². The van der Waals surface area contributed by atoms with Gasteiger partial charge in [-0.05, 0) is 143 Å². The maximum atomic E-state index is 14.8. The SMILES string of the molecule is CCOC(=O)[C@@H](Cc1cc(O[Si](C)(C)C(C)(C)C)ccc1OCc1ccnc(-c2ccccc2OC)n1)Oc1ncnc2sc(-c3ccc(F)cc3)c(-c3ccc(O[C@H](COC(c4ccccc4)(c4ccc(OC)cc4)c4ccc(OC)cc4)COS(=O)(=O)Cc4ccccc4)c(Cl)c3)c12. The van der Waals surface area contributed by atoms with E-state index in [2.05, 4.69) is 38.8 Å². The number of hydrogen-bond acceptors (Lipinski definition) is 18. The number of rotatable bonds is 30. The summed E-state index contributed by atoms with van der Waals surface area (Å²) in [6.07, 6.45) is 0.444. The van der Waals surface area contributed by atoms with Gasteiger partial charge >= 0.3 is 5.97 Å². The van der Waals surface area contributed by atoms with Crippen LogP contribution in [0.5, 0.6) is 40.4 Å². The number of carbonyl (C=O) groups is 1. The fourth-order valence-corrected chi connectivity index (χ4v) is 14.6. The van der Waals surface area contributed by atoms with Gasteiger partial charge in [0.05, 0.1) is 56.2 Å². The molecule has 0 amide bonds. The van der Waals surface area contributed by atoms with Crippen LogP contribution in [0.3, 0.4) is 0 Å². The lowest BCUT2D eigenvalue weighted by Gasteiger charge is -2.37. The number of fused-ring (bicyclic) bond motifs is 1. The van der Waals surface area contributed by atoms with Crippen LogP contribution in [0.15, 0.2) is 213 Å². The van der Waals surface area contributed by atoms with Crippen LogP contribution in [0.2, 0.25) is 23.2 Å². The Bertz CT molecular complexity index is 4680. The van der Waals surface area contributed by atoms with E-state index in [1.54, 1.807) is 101 Å². The van der Waals surface area contributed by atoms with Crippen molar-refractivity contribution in [3.05, 3.63) is 257 Å². The molecule has 0 unspecified atom stereocenters. The third-order valence-electron chi connectivity index (χ3n) is 17.2. The first-order chi connectivity index (χ1) is 48.2. The number of nitrogens with zero attached hydrogens (tertiary/aromatic N) is 4. The Balaban J connectivity index is 0.972. The predicted octanol–water partition coefficient (Wildman–Crippen LogP) is 17.1. The van der Waals surface area contributed by atoms with E-state index in [1.807, 2.05) is 121 Å². The third-order valence-corrected chi connectivity index (χ3v) is 24.2. The summed E-state index contributed by atoms with van der Waals surface area (Å²) in [6.45, 7) is 11.8. The number of aromatic nitrogens is 4. The van der Waals surface area contributed by atoms with Crippen LogP contribution in [0.1, 0.15) is 61.2 Å². The molecular weight excluding hydrogens is 1350 g/mol. The minimum Gasteiger partial charge on any atom is -0.543 e. The van der Waals surface area contributed by atoms with Gasteiger partial charge in [-0.2, -0.15) is 8.42 Å². The Labute approximate surface area is 592 Å². The van der Waals surface area contributed by atoms with E-state index in [9.17, 15) is 17.6 Å². The second-order valence-electron chi connectivity index (χ2n) is 24.9. The van der Waals surface area contributed by atoms with Crippen molar-refractivity contribution in [2.45, 2.75) is 82.4 Å². The molecule has 0 radical (unpaired) electrons. The molecule has 3 heterocycles. The van der Waals surface area contributed by atoms with Crippen LogP contribution in [-0.4, -0.2) is 96.0 Å². The van der Waals surface area contributed by atoms with Crippen LogP contribution >= 0.6 is 22.9 Å². The molecule has 17 nitrogen and oxygen atoms in total. The standard InChI is InChI=1S/C78H76ClFN4O13S2Si/c1-10-91-76(85)69(45-54-43-62(97-100(8,9)77(2,3)4)38-40-66(54)92-46-59-41-42-81-73(84-59)64-23-17-18-24-67(64)90-7)96-74-71-70(72(98-75(71)83-50-82-74)52-25-32-58(80)33-26-52)53-27-39-68(65(79)44-53)95-63(48-94-99(86,87)49-51-19-13-11-14-20-51)47-93-78(55-21-15-12-16-22-55,56-28-34-60(88-5)35-29-56)57-30-36-61(89-6)37-31-57/h11-44,50,63,69H,10,45-49H2,1-9H3/t63-,69-/m1/s1. The zero-order chi connectivity index (χ0) is 70.6. The normalized spacial score (nSPS) is 12.5. The second kappa shape index (κ2) is 31.6. The molecule has 8 aromatic carbocycles. The smallest absolute Gasteiger partial charge is 0.347 e. The quantitative estimate of drug-likeness (QED) is 0.0178. The number of thiophene rings is 1. The van der Waals surface area contributed by atoms with Crippen molar-refractivity contribution < 1.29 is 64.1 Å². The van der Waals surface area contributed by atoms with Crippen LogP contribution in [0, 0.1) is 5.82 Å². The summed E-state index contributed by atoms with van der Waals surface area (Å²) in [6, 6.07) is 59.3. The monoisotopic (exact) mass is 1420 g/mol. The molecule has 3 aromatic heterocycles. The van der Waals surface area contributed by atoms with Gasteiger partial charge in [-0.25, -0.2) is 29.1 Å². The first kappa shape index (κ1) is 71.5. The largest absolute Gasteiger partial charge is 0.543 e. The highest BCUT2D eigenvalue weighted by atomic mass is 35.5. The van der Waals surface area contributed by atoms with Gasteiger partial charge in [-0.1, -0.05) is 148 Å². The second-order valence-corrected chi connectivity index (χ2v) is 32.7. The zero-order valence-corrected chi connectivity index (χ0v) is 60.2. The van der Waals surface area contributed by atoms with Crippen LogP contribution in [0.25, 0.3) is 43.2 Å². The molecule has 100 heavy (non-hydrogen) atoms. The van der Waals surface area contributed by atoms with Gasteiger partial charge in [0.25, 0.3) is 10.1 Å². The van der Waals surface area contributed by atoms with E-state index in [-0.39, 0.29) is 47.9 Å². The Morgan fingerprint density at radius 2 is 1.29 bits per heavy atom. The van der Waals surface area contributed by atoms with Crippen molar-refractivity contribution in [3.8, 4) is 73.3 Å². The van der Waals surface area contributed by atoms with Crippen molar-refractivity contribution >= 4 is 57.6 Å². The van der Waals surface area contributed by atoms with Gasteiger partial charge in [0.1, 0.15) is 82.1 Å². The van der Waals surface area contributed by atoms with E-state index in [0.29, 0.717) is 88.7 Å². The summed E-state index contributed by atoms with van der Waals surface area (Å²) in [5.41, 5.74) is 4.92. The highest BCUT2D eigenvalue weighted by molar-refractivity contribution is 7.85. The molecule has 22 heteroatoms. The lowest BCUT2D eigenvalue weighted by Crippen LogP contribution is -2.43. The van der Waals surface area contributed by atoms with Crippen LogP contribution in [0.4, 0.5) is 4.39 Å². The molecule has 0 N–H and O–H groups in total. The molecule has 0 bridgehead atoms. The van der Waals surface area contributed by atoms with Gasteiger partial charge in [-0.3, -0.25) is 4.18 Å². The molecule has 0 aliphatic carbocycles. The minimum atomic E-state index is -4.22. The Morgan fingerprint density at radius 3 is 1.94 bits per heavy atom. The molecular formula is C78H76ClFN4O13S2Si. The Morgan fingerprint density at radius 1 is 0.660 bits per heavy atom. The number of hydrogen-bond donors (Lipinski definition) is 0. The molecule has 11 aromatic rings. The van der Waals surface area contributed by atoms with Crippen molar-refractivity contribution in [2.75, 3.05) is 41.2 Å². The summed E-state index contributed by atoms with van der Waals surface area (Å²) >= 11 is 8.74. The number of methoxy groups -OCH3 is 3. The van der Waals surface area contributed by atoms with E-state index in [1.165, 1.54) is 29.8 Å². The Hall–Kier alpha value is -9.74. The van der Waals surface area contributed by atoms with Crippen LogP contribution in [-0.2, 0) is 53.0 Å². The molecule has 0 saturated carbocycles. The predicted molar refractivity (Wildman–Crippen MR) is 388 cm³/mol. The maximum absolute atomic E-state index is 14.8. The molecule has 0 saturated heterocycles. The fraction of sp³-hybridized carbons (Fsp3) is 0.244. The molecule has 0 fully saturated rings. The number of halogens is 2. The molecule has 11 rings (SSSR count). The van der Waals surface area contributed by atoms with Gasteiger partial charge in [0.2, 0.25) is 20.3 Å². The van der Waals surface area contributed by atoms with E-state index >= 15 is 0 Å². The highest BCUT2D eigenvalue weighted by Crippen LogP contribution is 2.49. The molecule has 2 atom stereocenters. The number of carbonyl (C=O) groups excluding carboxylic acids is 1. The van der Waals surface area contributed by atoms with Crippen molar-refractivity contribution in [2.24, 2.45) is 0 Å². The fourth-order valence-electron chi connectivity index (χ4n) is 11.1. The van der Waals surface area contributed by atoms with Crippen molar-refractivity contribution in [3.63, 3.8) is 0 Å². The lowest BCUT2D eigenvalue weighted by molar-refractivity contribution is -0.151. The molecule has 0 spiro atoms. The van der Waals surface area contributed by atoms with E-state index in [0.717, 1.165) is 16.7 Å². The maximum Gasteiger partial charge on any atom is 0.347 e. The lowest BCUT2D eigenvalue weighted by atomic mass is 9.80. The molecule has 516 valence electrons. The average Bonchev–Trinajstić information content (AvgIpc) is 1.31. The first-order valence-electron chi connectivity index (χ1n) is 32.3. The number of esters is 1.